The standard InChI is InChI=1S/C19H26FN5/c20-17-3-5-18(6-4-17)25-14-16(12-22-25)13-23-9-1-2-19(15-23)24-10-7-21-8-11-24/h3-6,12,14,19,21H,1-2,7-11,13,15H2/t19-/m0/s1. The number of hydrogen-bond acceptors (Lipinski definition) is 4. The minimum Gasteiger partial charge on any atom is -0.314 e. The molecule has 0 aliphatic carbocycles. The summed E-state index contributed by atoms with van der Waals surface area (Å²) in [5, 5.41) is 7.88. The highest BCUT2D eigenvalue weighted by Gasteiger charge is 2.26. The van der Waals surface area contributed by atoms with Crippen LogP contribution in [0.25, 0.3) is 5.69 Å². The van der Waals surface area contributed by atoms with Gasteiger partial charge in [-0.25, -0.2) is 9.07 Å². The van der Waals surface area contributed by atoms with Gasteiger partial charge in [0.1, 0.15) is 5.82 Å². The van der Waals surface area contributed by atoms with E-state index >= 15 is 0 Å². The first-order chi connectivity index (χ1) is 12.3. The van der Waals surface area contributed by atoms with Crippen LogP contribution < -0.4 is 5.32 Å². The van der Waals surface area contributed by atoms with Gasteiger partial charge in [0.05, 0.1) is 11.9 Å². The third kappa shape index (κ3) is 4.08. The molecule has 25 heavy (non-hydrogen) atoms. The van der Waals surface area contributed by atoms with Crippen molar-refractivity contribution < 1.29 is 4.39 Å². The molecule has 2 fully saturated rings. The smallest absolute Gasteiger partial charge is 0.123 e. The fourth-order valence-electron chi connectivity index (χ4n) is 3.96. The molecule has 0 saturated carbocycles. The summed E-state index contributed by atoms with van der Waals surface area (Å²) in [4.78, 5) is 5.19. The number of piperidine rings is 1. The Bertz CT molecular complexity index is 677. The number of halogens is 1. The van der Waals surface area contributed by atoms with E-state index in [1.165, 1.54) is 43.6 Å². The topological polar surface area (TPSA) is 36.3 Å². The van der Waals surface area contributed by atoms with Crippen molar-refractivity contribution in [2.75, 3.05) is 39.3 Å². The molecule has 0 spiro atoms. The summed E-state index contributed by atoms with van der Waals surface area (Å²) in [6.07, 6.45) is 6.56. The average molecular weight is 343 g/mol. The lowest BCUT2D eigenvalue weighted by Crippen LogP contribution is -2.53. The van der Waals surface area contributed by atoms with Crippen molar-refractivity contribution in [3.63, 3.8) is 0 Å². The molecule has 1 N–H and O–H groups in total. The Labute approximate surface area is 148 Å². The van der Waals surface area contributed by atoms with Gasteiger partial charge in [-0.2, -0.15) is 5.10 Å². The van der Waals surface area contributed by atoms with Gasteiger partial charge in [-0.3, -0.25) is 9.80 Å². The van der Waals surface area contributed by atoms with Crippen LogP contribution in [-0.2, 0) is 6.54 Å². The molecule has 134 valence electrons. The van der Waals surface area contributed by atoms with Gasteiger partial charge in [0.2, 0.25) is 0 Å². The van der Waals surface area contributed by atoms with Crippen LogP contribution in [0.15, 0.2) is 36.7 Å². The van der Waals surface area contributed by atoms with Gasteiger partial charge in [0.15, 0.2) is 0 Å². The predicted octanol–water partition coefficient (Wildman–Crippen LogP) is 1.88. The highest BCUT2D eigenvalue weighted by atomic mass is 19.1. The van der Waals surface area contributed by atoms with Crippen molar-refractivity contribution >= 4 is 0 Å². The lowest BCUT2D eigenvalue weighted by Gasteiger charge is -2.41. The molecule has 2 aliphatic rings. The van der Waals surface area contributed by atoms with Crippen LogP contribution in [0.4, 0.5) is 4.39 Å². The van der Waals surface area contributed by atoms with Crippen LogP contribution in [0.1, 0.15) is 18.4 Å². The molecule has 5 nitrogen and oxygen atoms in total. The molecule has 3 heterocycles. The first-order valence-electron chi connectivity index (χ1n) is 9.24. The van der Waals surface area contributed by atoms with E-state index in [1.54, 1.807) is 12.1 Å². The second kappa shape index (κ2) is 7.64. The number of aromatic nitrogens is 2. The summed E-state index contributed by atoms with van der Waals surface area (Å²) >= 11 is 0. The normalized spacial score (nSPS) is 23.0. The molecule has 2 saturated heterocycles. The monoisotopic (exact) mass is 343 g/mol. The zero-order valence-corrected chi connectivity index (χ0v) is 14.6. The Hall–Kier alpha value is -1.76. The Kier molecular flexibility index (Phi) is 5.10. The first-order valence-corrected chi connectivity index (χ1v) is 9.24. The third-order valence-electron chi connectivity index (χ3n) is 5.28. The maximum atomic E-state index is 13.1. The summed E-state index contributed by atoms with van der Waals surface area (Å²) in [5.41, 5.74) is 2.11. The number of nitrogens with zero attached hydrogens (tertiary/aromatic N) is 4. The molecule has 0 bridgehead atoms. The van der Waals surface area contributed by atoms with Gasteiger partial charge < -0.3 is 5.32 Å². The fraction of sp³-hybridized carbons (Fsp3) is 0.526. The van der Waals surface area contributed by atoms with Gasteiger partial charge in [-0.1, -0.05) is 0 Å². The molecule has 6 heteroatoms. The largest absolute Gasteiger partial charge is 0.314 e. The Morgan fingerprint density at radius 1 is 1.12 bits per heavy atom. The van der Waals surface area contributed by atoms with Gasteiger partial charge in [0, 0.05) is 57.1 Å². The van der Waals surface area contributed by atoms with E-state index in [2.05, 4.69) is 26.4 Å². The highest BCUT2D eigenvalue weighted by Crippen LogP contribution is 2.19. The summed E-state index contributed by atoms with van der Waals surface area (Å²) in [6.45, 7) is 7.79. The van der Waals surface area contributed by atoms with E-state index in [1.807, 2.05) is 10.9 Å². The molecule has 2 aliphatic heterocycles. The summed E-state index contributed by atoms with van der Waals surface area (Å²) in [6, 6.07) is 7.14. The maximum absolute atomic E-state index is 13.1. The lowest BCUT2D eigenvalue weighted by atomic mass is 10.0. The average Bonchev–Trinajstić information content (AvgIpc) is 3.12. The van der Waals surface area contributed by atoms with Crippen LogP contribution in [0.3, 0.4) is 0 Å². The van der Waals surface area contributed by atoms with E-state index in [0.29, 0.717) is 6.04 Å². The maximum Gasteiger partial charge on any atom is 0.123 e. The minimum absolute atomic E-state index is 0.219. The number of hydrogen-bond donors (Lipinski definition) is 1. The van der Waals surface area contributed by atoms with E-state index in [9.17, 15) is 4.39 Å². The van der Waals surface area contributed by atoms with Crippen LogP contribution in [-0.4, -0.2) is 64.9 Å². The van der Waals surface area contributed by atoms with Crippen LogP contribution in [0.5, 0.6) is 0 Å². The molecular formula is C19H26FN5. The molecule has 1 atom stereocenters. The van der Waals surface area contributed by atoms with E-state index in [0.717, 1.165) is 38.4 Å². The van der Waals surface area contributed by atoms with Crippen molar-refractivity contribution in [3.8, 4) is 5.69 Å². The number of nitrogens with one attached hydrogen (secondary N) is 1. The Morgan fingerprint density at radius 2 is 1.92 bits per heavy atom. The van der Waals surface area contributed by atoms with E-state index in [4.69, 9.17) is 0 Å². The number of benzene rings is 1. The second-order valence-electron chi connectivity index (χ2n) is 7.09. The van der Waals surface area contributed by atoms with Crippen molar-refractivity contribution in [2.45, 2.75) is 25.4 Å². The Balaban J connectivity index is 1.37. The van der Waals surface area contributed by atoms with Crippen molar-refractivity contribution in [1.82, 2.24) is 24.9 Å². The zero-order chi connectivity index (χ0) is 17.1. The van der Waals surface area contributed by atoms with E-state index < -0.39 is 0 Å². The lowest BCUT2D eigenvalue weighted by molar-refractivity contribution is 0.0840. The SMILES string of the molecule is Fc1ccc(-n2cc(CN3CCC[C@H](N4CCNCC4)C3)cn2)cc1. The summed E-state index contributed by atoms with van der Waals surface area (Å²) < 4.78 is 14.9. The highest BCUT2D eigenvalue weighted by molar-refractivity contribution is 5.31. The minimum atomic E-state index is -0.219. The molecule has 4 rings (SSSR count). The van der Waals surface area contributed by atoms with E-state index in [-0.39, 0.29) is 5.82 Å². The molecule has 0 radical (unpaired) electrons. The molecule has 1 aromatic heterocycles. The number of piperazine rings is 1. The third-order valence-corrected chi connectivity index (χ3v) is 5.28. The molecule has 0 amide bonds. The molecule has 0 unspecified atom stereocenters. The fourth-order valence-corrected chi connectivity index (χ4v) is 3.96. The van der Waals surface area contributed by atoms with Gasteiger partial charge in [-0.15, -0.1) is 0 Å². The summed E-state index contributed by atoms with van der Waals surface area (Å²) in [5.74, 6) is -0.219. The quantitative estimate of drug-likeness (QED) is 0.920. The van der Waals surface area contributed by atoms with Gasteiger partial charge in [-0.05, 0) is 43.7 Å². The van der Waals surface area contributed by atoms with Gasteiger partial charge in [0.25, 0.3) is 0 Å². The first kappa shape index (κ1) is 16.7. The molecule has 1 aromatic carbocycles. The number of rotatable bonds is 4. The Morgan fingerprint density at radius 3 is 2.72 bits per heavy atom. The zero-order valence-electron chi connectivity index (χ0n) is 14.6. The van der Waals surface area contributed by atoms with Crippen molar-refractivity contribution in [1.29, 1.82) is 0 Å². The second-order valence-corrected chi connectivity index (χ2v) is 7.09. The molecule has 2 aromatic rings. The van der Waals surface area contributed by atoms with Crippen LogP contribution in [0.2, 0.25) is 0 Å². The molecular weight excluding hydrogens is 317 g/mol. The van der Waals surface area contributed by atoms with Crippen molar-refractivity contribution in [3.05, 3.63) is 48.0 Å². The van der Waals surface area contributed by atoms with Crippen molar-refractivity contribution in [2.24, 2.45) is 0 Å². The summed E-state index contributed by atoms with van der Waals surface area (Å²) in [7, 11) is 0. The number of likely N-dealkylation sites (tertiary alicyclic amines) is 1. The van der Waals surface area contributed by atoms with Crippen LogP contribution in [0, 0.1) is 5.82 Å². The predicted molar refractivity (Wildman–Crippen MR) is 96.3 cm³/mol. The van der Waals surface area contributed by atoms with Gasteiger partial charge >= 0.3 is 0 Å². The van der Waals surface area contributed by atoms with Crippen LogP contribution >= 0.6 is 0 Å².